The molecule has 6 heteroatoms. The summed E-state index contributed by atoms with van der Waals surface area (Å²) in [7, 11) is 0. The van der Waals surface area contributed by atoms with Crippen molar-refractivity contribution in [3.63, 3.8) is 0 Å². The number of alkyl halides is 1. The lowest BCUT2D eigenvalue weighted by Crippen LogP contribution is -2.45. The molecule has 0 aliphatic carbocycles. The Morgan fingerprint density at radius 1 is 1.26 bits per heavy atom. The molecule has 1 saturated heterocycles. The second-order valence-electron chi connectivity index (χ2n) is 4.54. The number of hydrogen-bond donors (Lipinski definition) is 1. The molecule has 0 saturated carbocycles. The molecule has 1 N–H and O–H groups in total. The Hall–Kier alpha value is -0.590. The van der Waals surface area contributed by atoms with Gasteiger partial charge in [-0.2, -0.15) is 0 Å². The maximum Gasteiger partial charge on any atom is 0.145 e. The zero-order valence-corrected chi connectivity index (χ0v) is 12.0. The van der Waals surface area contributed by atoms with E-state index in [1.165, 1.54) is 12.1 Å². The highest BCUT2D eigenvalue weighted by atomic mass is 79.9. The third-order valence-corrected chi connectivity index (χ3v) is 4.00. The van der Waals surface area contributed by atoms with Gasteiger partial charge in [-0.15, -0.1) is 0 Å². The Morgan fingerprint density at radius 3 is 2.58 bits per heavy atom. The van der Waals surface area contributed by atoms with Crippen LogP contribution in [-0.2, 0) is 0 Å². The number of nitrogens with one attached hydrogen (secondary N) is 1. The van der Waals surface area contributed by atoms with Crippen molar-refractivity contribution in [1.82, 2.24) is 10.2 Å². The van der Waals surface area contributed by atoms with Gasteiger partial charge in [0.15, 0.2) is 0 Å². The van der Waals surface area contributed by atoms with Gasteiger partial charge < -0.3 is 5.32 Å². The van der Waals surface area contributed by atoms with Gasteiger partial charge in [-0.05, 0) is 34.5 Å². The highest BCUT2D eigenvalue weighted by Gasteiger charge is 2.28. The number of halogens is 4. The van der Waals surface area contributed by atoms with Crippen LogP contribution in [0.4, 0.5) is 13.2 Å². The normalized spacial score (nSPS) is 18.5. The van der Waals surface area contributed by atoms with Crippen molar-refractivity contribution in [2.75, 3.05) is 32.9 Å². The molecule has 0 amide bonds. The fourth-order valence-electron chi connectivity index (χ4n) is 2.45. The molecule has 0 aromatic heterocycles. The summed E-state index contributed by atoms with van der Waals surface area (Å²) in [6, 6.07) is 2.00. The minimum absolute atomic E-state index is 0.0334. The Labute approximate surface area is 119 Å². The first-order valence-electron chi connectivity index (χ1n) is 6.29. The number of benzene rings is 1. The number of nitrogens with zero attached hydrogens (tertiary/aromatic N) is 1. The largest absolute Gasteiger partial charge is 0.314 e. The molecule has 0 unspecified atom stereocenters. The number of rotatable bonds is 4. The van der Waals surface area contributed by atoms with E-state index in [4.69, 9.17) is 0 Å². The Kier molecular flexibility index (Phi) is 5.24. The fourth-order valence-corrected chi connectivity index (χ4v) is 2.80. The van der Waals surface area contributed by atoms with Gasteiger partial charge in [0.05, 0.1) is 11.1 Å². The molecule has 1 heterocycles. The lowest BCUT2D eigenvalue weighted by atomic mass is 10.0. The monoisotopic (exact) mass is 336 g/mol. The molecule has 19 heavy (non-hydrogen) atoms. The molecule has 106 valence electrons. The zero-order chi connectivity index (χ0) is 13.8. The Bertz CT molecular complexity index is 436. The van der Waals surface area contributed by atoms with E-state index in [1.54, 1.807) is 0 Å². The lowest BCUT2D eigenvalue weighted by molar-refractivity contribution is 0.151. The van der Waals surface area contributed by atoms with Crippen LogP contribution in [0.2, 0.25) is 0 Å². The van der Waals surface area contributed by atoms with Gasteiger partial charge in [0.1, 0.15) is 11.6 Å². The predicted octanol–water partition coefficient (Wildman–Crippen LogP) is 3.03. The number of hydrogen-bond acceptors (Lipinski definition) is 2. The second kappa shape index (κ2) is 6.72. The van der Waals surface area contributed by atoms with Crippen molar-refractivity contribution in [2.45, 2.75) is 12.5 Å². The minimum atomic E-state index is -0.628. The first-order valence-corrected chi connectivity index (χ1v) is 7.08. The maximum absolute atomic E-state index is 14.1. The quantitative estimate of drug-likeness (QED) is 0.850. The Balaban J connectivity index is 2.35. The van der Waals surface area contributed by atoms with Gasteiger partial charge in [-0.1, -0.05) is 0 Å². The van der Waals surface area contributed by atoms with Gasteiger partial charge in [-0.3, -0.25) is 9.29 Å². The first-order chi connectivity index (χ1) is 9.15. The Morgan fingerprint density at radius 2 is 1.95 bits per heavy atom. The summed E-state index contributed by atoms with van der Waals surface area (Å²) < 4.78 is 41.0. The van der Waals surface area contributed by atoms with E-state index in [-0.39, 0.29) is 16.5 Å². The van der Waals surface area contributed by atoms with Crippen LogP contribution in [0.25, 0.3) is 0 Å². The molecule has 0 spiro atoms. The van der Waals surface area contributed by atoms with E-state index < -0.39 is 24.4 Å². The van der Waals surface area contributed by atoms with Crippen LogP contribution in [-0.4, -0.2) is 37.8 Å². The maximum atomic E-state index is 14.1. The average molecular weight is 337 g/mol. The molecule has 1 aliphatic rings. The standard InChI is InChI=1S/C13H16BrF3N2/c14-9-1-2-10(16)12(13(9)17)11(3-4-15)19-7-5-18-6-8-19/h1-2,11,18H,3-8H2/t11-/m1/s1. The van der Waals surface area contributed by atoms with Crippen LogP contribution in [0, 0.1) is 11.6 Å². The van der Waals surface area contributed by atoms with Crippen molar-refractivity contribution in [1.29, 1.82) is 0 Å². The third kappa shape index (κ3) is 3.30. The molecule has 1 atom stereocenters. The minimum Gasteiger partial charge on any atom is -0.314 e. The molecule has 1 aromatic rings. The first kappa shape index (κ1) is 14.8. The van der Waals surface area contributed by atoms with E-state index in [2.05, 4.69) is 21.2 Å². The molecular formula is C13H16BrF3N2. The van der Waals surface area contributed by atoms with Crippen molar-refractivity contribution in [3.05, 3.63) is 33.8 Å². The average Bonchev–Trinajstić information content (AvgIpc) is 2.43. The summed E-state index contributed by atoms with van der Waals surface area (Å²) in [5.74, 6) is -1.24. The molecule has 1 aromatic carbocycles. The summed E-state index contributed by atoms with van der Waals surface area (Å²) in [5.41, 5.74) is -0.0334. The molecule has 2 nitrogen and oxygen atoms in total. The predicted molar refractivity (Wildman–Crippen MR) is 71.8 cm³/mol. The van der Waals surface area contributed by atoms with Crippen molar-refractivity contribution >= 4 is 15.9 Å². The van der Waals surface area contributed by atoms with Crippen LogP contribution in [0.3, 0.4) is 0 Å². The van der Waals surface area contributed by atoms with Crippen LogP contribution in [0.1, 0.15) is 18.0 Å². The fraction of sp³-hybridized carbons (Fsp3) is 0.538. The van der Waals surface area contributed by atoms with E-state index in [0.29, 0.717) is 13.1 Å². The SMILES string of the molecule is FCC[C@H](c1c(F)ccc(Br)c1F)N1CCNCC1. The van der Waals surface area contributed by atoms with Crippen LogP contribution in [0.5, 0.6) is 0 Å². The van der Waals surface area contributed by atoms with E-state index in [1.807, 2.05) is 4.90 Å². The highest BCUT2D eigenvalue weighted by molar-refractivity contribution is 9.10. The summed E-state index contributed by atoms with van der Waals surface area (Å²) in [4.78, 5) is 1.93. The van der Waals surface area contributed by atoms with E-state index in [9.17, 15) is 13.2 Å². The smallest absolute Gasteiger partial charge is 0.145 e. The van der Waals surface area contributed by atoms with Gasteiger partial charge >= 0.3 is 0 Å². The van der Waals surface area contributed by atoms with E-state index >= 15 is 0 Å². The van der Waals surface area contributed by atoms with Gasteiger partial charge in [0.25, 0.3) is 0 Å². The summed E-state index contributed by atoms with van der Waals surface area (Å²) >= 11 is 3.06. The summed E-state index contributed by atoms with van der Waals surface area (Å²) in [6.45, 7) is 2.23. The molecule has 0 radical (unpaired) electrons. The molecule has 2 rings (SSSR count). The highest BCUT2D eigenvalue weighted by Crippen LogP contribution is 2.32. The molecule has 1 fully saturated rings. The van der Waals surface area contributed by atoms with Crippen LogP contribution in [0.15, 0.2) is 16.6 Å². The summed E-state index contributed by atoms with van der Waals surface area (Å²) in [5, 5.41) is 3.17. The van der Waals surface area contributed by atoms with Crippen molar-refractivity contribution in [3.8, 4) is 0 Å². The number of piperazine rings is 1. The summed E-state index contributed by atoms with van der Waals surface area (Å²) in [6.07, 6.45) is 0.101. The van der Waals surface area contributed by atoms with Crippen LogP contribution >= 0.6 is 15.9 Å². The third-order valence-electron chi connectivity index (χ3n) is 3.39. The molecular weight excluding hydrogens is 321 g/mol. The second-order valence-corrected chi connectivity index (χ2v) is 5.39. The van der Waals surface area contributed by atoms with Gasteiger partial charge in [0.2, 0.25) is 0 Å². The zero-order valence-electron chi connectivity index (χ0n) is 10.4. The van der Waals surface area contributed by atoms with Gasteiger partial charge in [-0.25, -0.2) is 8.78 Å². The van der Waals surface area contributed by atoms with Crippen molar-refractivity contribution in [2.24, 2.45) is 0 Å². The topological polar surface area (TPSA) is 15.3 Å². The van der Waals surface area contributed by atoms with Crippen LogP contribution < -0.4 is 5.32 Å². The molecule has 0 bridgehead atoms. The lowest BCUT2D eigenvalue weighted by Gasteiger charge is -2.35. The van der Waals surface area contributed by atoms with Gasteiger partial charge in [0, 0.05) is 37.8 Å². The molecule has 1 aliphatic heterocycles. The van der Waals surface area contributed by atoms with E-state index in [0.717, 1.165) is 13.1 Å². The van der Waals surface area contributed by atoms with Crippen molar-refractivity contribution < 1.29 is 13.2 Å².